The lowest BCUT2D eigenvalue weighted by atomic mass is 10.0. The van der Waals surface area contributed by atoms with Gasteiger partial charge in [-0.05, 0) is 23.8 Å². The van der Waals surface area contributed by atoms with Gasteiger partial charge in [0, 0.05) is 29.0 Å². The Labute approximate surface area is 102 Å². The van der Waals surface area contributed by atoms with Gasteiger partial charge in [0.1, 0.15) is 11.6 Å². The molecule has 1 aliphatic heterocycles. The van der Waals surface area contributed by atoms with Crippen molar-refractivity contribution < 1.29 is 9.50 Å². The molecule has 0 saturated heterocycles. The number of hydrogen-bond acceptors (Lipinski definition) is 3. The molecular formula is C12H11FN2OS. The SMILES string of the molecule is O[C@@H]1c2cc(F)ccc2S[C@@H]1Cc1ncc[nH]1. The summed E-state index contributed by atoms with van der Waals surface area (Å²) in [4.78, 5) is 8.11. The van der Waals surface area contributed by atoms with Crippen molar-refractivity contribution in [1.82, 2.24) is 9.97 Å². The van der Waals surface area contributed by atoms with Crippen LogP contribution in [0.4, 0.5) is 4.39 Å². The van der Waals surface area contributed by atoms with Crippen molar-refractivity contribution in [3.63, 3.8) is 0 Å². The lowest BCUT2D eigenvalue weighted by molar-refractivity contribution is 0.175. The third-order valence-corrected chi connectivity index (χ3v) is 4.22. The lowest BCUT2D eigenvalue weighted by Crippen LogP contribution is -2.13. The van der Waals surface area contributed by atoms with Crippen LogP contribution in [0.5, 0.6) is 0 Å². The van der Waals surface area contributed by atoms with E-state index in [0.717, 1.165) is 10.7 Å². The number of rotatable bonds is 2. The molecule has 17 heavy (non-hydrogen) atoms. The smallest absolute Gasteiger partial charge is 0.123 e. The van der Waals surface area contributed by atoms with Crippen molar-refractivity contribution in [3.05, 3.63) is 47.8 Å². The standard InChI is InChI=1S/C12H11FN2OS/c13-7-1-2-9-8(5-7)12(16)10(17-9)6-11-14-3-4-15-11/h1-5,10,12,16H,6H2,(H,14,15)/t10-,12-/m1/s1. The van der Waals surface area contributed by atoms with Gasteiger partial charge in [-0.3, -0.25) is 0 Å². The Balaban J connectivity index is 1.84. The minimum atomic E-state index is -0.629. The minimum Gasteiger partial charge on any atom is -0.387 e. The number of aromatic nitrogens is 2. The van der Waals surface area contributed by atoms with Crippen molar-refractivity contribution in [3.8, 4) is 0 Å². The molecule has 0 saturated carbocycles. The quantitative estimate of drug-likeness (QED) is 0.859. The first-order valence-corrected chi connectivity index (χ1v) is 6.24. The molecule has 1 aliphatic rings. The maximum Gasteiger partial charge on any atom is 0.123 e. The number of benzene rings is 1. The second-order valence-corrected chi connectivity index (χ2v) is 5.30. The number of aromatic amines is 1. The van der Waals surface area contributed by atoms with Crippen molar-refractivity contribution >= 4 is 11.8 Å². The summed E-state index contributed by atoms with van der Waals surface area (Å²) < 4.78 is 13.1. The molecule has 88 valence electrons. The largest absolute Gasteiger partial charge is 0.387 e. The van der Waals surface area contributed by atoms with E-state index in [0.29, 0.717) is 12.0 Å². The van der Waals surface area contributed by atoms with Gasteiger partial charge in [-0.15, -0.1) is 11.8 Å². The van der Waals surface area contributed by atoms with Gasteiger partial charge in [0.05, 0.1) is 6.10 Å². The zero-order valence-electron chi connectivity index (χ0n) is 8.93. The number of H-pyrrole nitrogens is 1. The second kappa shape index (κ2) is 4.16. The van der Waals surface area contributed by atoms with Crippen LogP contribution in [0.3, 0.4) is 0 Å². The third-order valence-electron chi connectivity index (χ3n) is 2.87. The topological polar surface area (TPSA) is 48.9 Å². The van der Waals surface area contributed by atoms with Crippen LogP contribution < -0.4 is 0 Å². The zero-order valence-corrected chi connectivity index (χ0v) is 9.75. The van der Waals surface area contributed by atoms with Gasteiger partial charge >= 0.3 is 0 Å². The average Bonchev–Trinajstić information content (AvgIpc) is 2.91. The molecule has 3 nitrogen and oxygen atoms in total. The van der Waals surface area contributed by atoms with Crippen molar-refractivity contribution in [2.24, 2.45) is 0 Å². The summed E-state index contributed by atoms with van der Waals surface area (Å²) >= 11 is 1.57. The highest BCUT2D eigenvalue weighted by Gasteiger charge is 2.32. The summed E-state index contributed by atoms with van der Waals surface area (Å²) in [5.41, 5.74) is 0.687. The van der Waals surface area contributed by atoms with E-state index in [1.54, 1.807) is 30.2 Å². The predicted molar refractivity (Wildman–Crippen MR) is 63.3 cm³/mol. The molecule has 1 aromatic carbocycles. The van der Waals surface area contributed by atoms with Gasteiger partial charge in [0.25, 0.3) is 0 Å². The highest BCUT2D eigenvalue weighted by Crippen LogP contribution is 2.45. The molecule has 0 aliphatic carbocycles. The maximum atomic E-state index is 13.1. The molecule has 3 rings (SSSR count). The molecule has 5 heteroatoms. The fourth-order valence-corrected chi connectivity index (χ4v) is 3.34. The van der Waals surface area contributed by atoms with E-state index >= 15 is 0 Å². The molecule has 2 heterocycles. The highest BCUT2D eigenvalue weighted by atomic mass is 32.2. The normalized spacial score (nSPS) is 22.7. The summed E-state index contributed by atoms with van der Waals surface area (Å²) in [6.07, 6.45) is 3.47. The maximum absolute atomic E-state index is 13.1. The minimum absolute atomic E-state index is 0.00190. The predicted octanol–water partition coefficient (Wildman–Crippen LogP) is 2.30. The number of hydrogen-bond donors (Lipinski definition) is 2. The van der Waals surface area contributed by atoms with E-state index in [4.69, 9.17) is 0 Å². The van der Waals surface area contributed by atoms with Gasteiger partial charge in [-0.25, -0.2) is 9.37 Å². The van der Waals surface area contributed by atoms with Crippen molar-refractivity contribution in [1.29, 1.82) is 0 Å². The Morgan fingerprint density at radius 2 is 2.35 bits per heavy atom. The summed E-state index contributed by atoms with van der Waals surface area (Å²) in [7, 11) is 0. The van der Waals surface area contributed by atoms with E-state index in [9.17, 15) is 9.50 Å². The van der Waals surface area contributed by atoms with E-state index < -0.39 is 6.10 Å². The zero-order chi connectivity index (χ0) is 11.8. The molecule has 1 aromatic heterocycles. The molecule has 0 radical (unpaired) electrons. The molecule has 2 N–H and O–H groups in total. The Morgan fingerprint density at radius 1 is 1.47 bits per heavy atom. The van der Waals surface area contributed by atoms with E-state index in [2.05, 4.69) is 9.97 Å². The first-order valence-electron chi connectivity index (χ1n) is 5.36. The van der Waals surface area contributed by atoms with Crippen molar-refractivity contribution in [2.45, 2.75) is 22.7 Å². The summed E-state index contributed by atoms with van der Waals surface area (Å²) in [6, 6.07) is 4.56. The van der Waals surface area contributed by atoms with Crippen molar-refractivity contribution in [2.75, 3.05) is 0 Å². The van der Waals surface area contributed by atoms with Crippen LogP contribution in [-0.4, -0.2) is 20.3 Å². The summed E-state index contributed by atoms with van der Waals surface area (Å²) in [5, 5.41) is 10.1. The molecule has 0 spiro atoms. The molecule has 0 fully saturated rings. The molecular weight excluding hydrogens is 239 g/mol. The van der Waals surface area contributed by atoms with Gasteiger partial charge in [0.15, 0.2) is 0 Å². The molecule has 2 aromatic rings. The van der Waals surface area contributed by atoms with Crippen LogP contribution in [0.2, 0.25) is 0 Å². The fourth-order valence-electron chi connectivity index (χ4n) is 2.04. The average molecular weight is 250 g/mol. The summed E-state index contributed by atoms with van der Waals surface area (Å²) in [5.74, 6) is 0.539. The van der Waals surface area contributed by atoms with Gasteiger partial charge < -0.3 is 10.1 Å². The number of thioether (sulfide) groups is 1. The number of imidazole rings is 1. The Morgan fingerprint density at radius 3 is 3.12 bits per heavy atom. The number of aliphatic hydroxyl groups excluding tert-OH is 1. The van der Waals surface area contributed by atoms with Crippen LogP contribution >= 0.6 is 11.8 Å². The fraction of sp³-hybridized carbons (Fsp3) is 0.250. The number of nitrogens with one attached hydrogen (secondary N) is 1. The van der Waals surface area contributed by atoms with E-state index in [1.807, 2.05) is 0 Å². The number of halogens is 1. The number of fused-ring (bicyclic) bond motifs is 1. The second-order valence-electron chi connectivity index (χ2n) is 4.02. The third kappa shape index (κ3) is 1.96. The van der Waals surface area contributed by atoms with E-state index in [1.165, 1.54) is 12.1 Å². The first-order chi connectivity index (χ1) is 8.24. The van der Waals surface area contributed by atoms with Gasteiger partial charge in [0.2, 0.25) is 0 Å². The Hall–Kier alpha value is -1.33. The van der Waals surface area contributed by atoms with Crippen LogP contribution in [0.25, 0.3) is 0 Å². The highest BCUT2D eigenvalue weighted by molar-refractivity contribution is 8.00. The Kier molecular flexibility index (Phi) is 2.64. The number of nitrogens with zero attached hydrogens (tertiary/aromatic N) is 1. The molecule has 0 unspecified atom stereocenters. The lowest BCUT2D eigenvalue weighted by Gasteiger charge is -2.12. The monoisotopic (exact) mass is 250 g/mol. The Bertz CT molecular complexity index is 529. The summed E-state index contributed by atoms with van der Waals surface area (Å²) in [6.45, 7) is 0. The first kappa shape index (κ1) is 10.8. The van der Waals surface area contributed by atoms with Gasteiger partial charge in [-0.2, -0.15) is 0 Å². The number of aliphatic hydroxyl groups is 1. The molecule has 0 bridgehead atoms. The van der Waals surface area contributed by atoms with Crippen LogP contribution in [-0.2, 0) is 6.42 Å². The molecule has 0 amide bonds. The van der Waals surface area contributed by atoms with Crippen LogP contribution in [0, 0.1) is 5.82 Å². The molecule has 2 atom stereocenters. The van der Waals surface area contributed by atoms with Gasteiger partial charge in [-0.1, -0.05) is 0 Å². The van der Waals surface area contributed by atoms with Crippen LogP contribution in [0.1, 0.15) is 17.5 Å². The van der Waals surface area contributed by atoms with Crippen LogP contribution in [0.15, 0.2) is 35.5 Å². The van der Waals surface area contributed by atoms with E-state index in [-0.39, 0.29) is 11.1 Å².